The van der Waals surface area contributed by atoms with Gasteiger partial charge in [0, 0.05) is 38.0 Å². The molecule has 1 unspecified atom stereocenters. The standard InChI is InChI=1S/C26H31N7O2Si/c1-36(2,3)12-11-35-18-32-10-8-22-25(29-17-30-26(22)32)21-15-31-33(16-21)23(7-9-27)20-6-4-5-19(13-20)14-24(28)34/h4-6,8,10,13,15-17,23H,7,11-12,14,18H2,1-3H3,(H2,28,34). The second kappa shape index (κ2) is 10.8. The van der Waals surface area contributed by atoms with Crippen molar-refractivity contribution in [3.05, 3.63) is 66.4 Å². The maximum absolute atomic E-state index is 11.4. The Morgan fingerprint density at radius 1 is 1.25 bits per heavy atom. The van der Waals surface area contributed by atoms with Crippen LogP contribution in [-0.4, -0.2) is 44.9 Å². The summed E-state index contributed by atoms with van der Waals surface area (Å²) in [5, 5.41) is 14.9. The van der Waals surface area contributed by atoms with Gasteiger partial charge in [0.2, 0.25) is 5.91 Å². The van der Waals surface area contributed by atoms with Crippen molar-refractivity contribution in [2.24, 2.45) is 5.73 Å². The maximum Gasteiger partial charge on any atom is 0.221 e. The molecule has 0 saturated carbocycles. The lowest BCUT2D eigenvalue weighted by molar-refractivity contribution is -0.117. The summed E-state index contributed by atoms with van der Waals surface area (Å²) in [7, 11) is -1.14. The van der Waals surface area contributed by atoms with Gasteiger partial charge in [0.25, 0.3) is 0 Å². The molecule has 0 bridgehead atoms. The van der Waals surface area contributed by atoms with E-state index >= 15 is 0 Å². The molecule has 10 heteroatoms. The number of carbonyl (C=O) groups is 1. The molecule has 2 N–H and O–H groups in total. The maximum atomic E-state index is 11.4. The van der Waals surface area contributed by atoms with Crippen LogP contribution in [0.4, 0.5) is 0 Å². The smallest absolute Gasteiger partial charge is 0.221 e. The Hall–Kier alpha value is -3.81. The van der Waals surface area contributed by atoms with Crippen molar-refractivity contribution in [3.63, 3.8) is 0 Å². The van der Waals surface area contributed by atoms with Gasteiger partial charge in [0.15, 0.2) is 0 Å². The summed E-state index contributed by atoms with van der Waals surface area (Å²) in [4.78, 5) is 20.4. The molecule has 36 heavy (non-hydrogen) atoms. The fourth-order valence-corrected chi connectivity index (χ4v) is 4.83. The molecule has 0 fully saturated rings. The van der Waals surface area contributed by atoms with Crippen molar-refractivity contribution in [2.75, 3.05) is 6.61 Å². The molecule has 0 aliphatic heterocycles. The Kier molecular flexibility index (Phi) is 7.62. The third kappa shape index (κ3) is 6.05. The second-order valence-electron chi connectivity index (χ2n) is 10.1. The molecule has 3 heterocycles. The number of fused-ring (bicyclic) bond motifs is 1. The number of hydrogen-bond acceptors (Lipinski definition) is 6. The van der Waals surface area contributed by atoms with Gasteiger partial charge in [0.1, 0.15) is 18.7 Å². The lowest BCUT2D eigenvalue weighted by Gasteiger charge is -2.16. The van der Waals surface area contributed by atoms with Crippen molar-refractivity contribution in [1.82, 2.24) is 24.3 Å². The van der Waals surface area contributed by atoms with Gasteiger partial charge in [-0.1, -0.05) is 43.9 Å². The van der Waals surface area contributed by atoms with Crippen LogP contribution in [0.1, 0.15) is 23.6 Å². The van der Waals surface area contributed by atoms with Gasteiger partial charge in [-0.2, -0.15) is 10.4 Å². The molecular formula is C26H31N7O2Si. The van der Waals surface area contributed by atoms with Gasteiger partial charge in [-0.3, -0.25) is 9.48 Å². The highest BCUT2D eigenvalue weighted by atomic mass is 28.3. The first-order valence-corrected chi connectivity index (χ1v) is 15.6. The van der Waals surface area contributed by atoms with E-state index in [2.05, 4.69) is 40.8 Å². The molecule has 186 valence electrons. The lowest BCUT2D eigenvalue weighted by Crippen LogP contribution is -2.22. The highest BCUT2D eigenvalue weighted by molar-refractivity contribution is 6.76. The molecule has 1 atom stereocenters. The minimum absolute atomic E-state index is 0.148. The summed E-state index contributed by atoms with van der Waals surface area (Å²) in [6, 6.07) is 12.6. The van der Waals surface area contributed by atoms with Crippen LogP contribution in [0, 0.1) is 11.3 Å². The van der Waals surface area contributed by atoms with Crippen molar-refractivity contribution in [3.8, 4) is 17.3 Å². The second-order valence-corrected chi connectivity index (χ2v) is 15.7. The molecular weight excluding hydrogens is 470 g/mol. The minimum atomic E-state index is -1.14. The first-order valence-electron chi connectivity index (χ1n) is 11.9. The highest BCUT2D eigenvalue weighted by Gasteiger charge is 2.18. The summed E-state index contributed by atoms with van der Waals surface area (Å²) in [6.45, 7) is 8.18. The van der Waals surface area contributed by atoms with Crippen LogP contribution in [0.3, 0.4) is 0 Å². The number of aromatic nitrogens is 5. The third-order valence-corrected chi connectivity index (χ3v) is 7.68. The van der Waals surface area contributed by atoms with E-state index in [-0.39, 0.29) is 18.9 Å². The number of carbonyl (C=O) groups excluding carboxylic acids is 1. The van der Waals surface area contributed by atoms with Crippen LogP contribution < -0.4 is 5.73 Å². The molecule has 3 aromatic heterocycles. The first kappa shape index (κ1) is 25.3. The Morgan fingerprint density at radius 3 is 2.83 bits per heavy atom. The number of ether oxygens (including phenoxy) is 1. The van der Waals surface area contributed by atoms with E-state index in [1.807, 2.05) is 47.3 Å². The van der Waals surface area contributed by atoms with Crippen molar-refractivity contribution < 1.29 is 9.53 Å². The molecule has 4 aromatic rings. The van der Waals surface area contributed by atoms with Crippen LogP contribution in [0.2, 0.25) is 25.7 Å². The summed E-state index contributed by atoms with van der Waals surface area (Å²) < 4.78 is 9.67. The average Bonchev–Trinajstić information content (AvgIpc) is 3.47. The zero-order chi connectivity index (χ0) is 25.7. The Balaban J connectivity index is 1.58. The van der Waals surface area contributed by atoms with Crippen molar-refractivity contribution in [2.45, 2.75) is 51.3 Å². The zero-order valence-corrected chi connectivity index (χ0v) is 21.9. The molecule has 0 radical (unpaired) electrons. The van der Waals surface area contributed by atoms with Gasteiger partial charge in [-0.05, 0) is 23.2 Å². The highest BCUT2D eigenvalue weighted by Crippen LogP contribution is 2.29. The van der Waals surface area contributed by atoms with E-state index in [1.54, 1.807) is 17.2 Å². The van der Waals surface area contributed by atoms with Crippen LogP contribution in [0.15, 0.2) is 55.2 Å². The Bertz CT molecular complexity index is 1400. The Morgan fingerprint density at radius 2 is 2.08 bits per heavy atom. The lowest BCUT2D eigenvalue weighted by atomic mass is 10.0. The van der Waals surface area contributed by atoms with Gasteiger partial charge >= 0.3 is 0 Å². The molecule has 0 aliphatic carbocycles. The molecule has 0 saturated heterocycles. The number of nitrogens with zero attached hydrogens (tertiary/aromatic N) is 6. The monoisotopic (exact) mass is 501 g/mol. The largest absolute Gasteiger partial charge is 0.369 e. The normalized spacial score (nSPS) is 12.5. The first-order chi connectivity index (χ1) is 17.2. The van der Waals surface area contributed by atoms with E-state index < -0.39 is 14.0 Å². The SMILES string of the molecule is C[Si](C)(C)CCOCn1ccc2c(-c3cnn(C(CC#N)c4cccc(CC(N)=O)c4)c3)ncnc21. The average molecular weight is 502 g/mol. The molecule has 1 amide bonds. The van der Waals surface area contributed by atoms with Crippen LogP contribution in [0.5, 0.6) is 0 Å². The van der Waals surface area contributed by atoms with Crippen LogP contribution in [0.25, 0.3) is 22.3 Å². The Labute approximate surface area is 211 Å². The molecule has 0 aliphatic rings. The summed E-state index contributed by atoms with van der Waals surface area (Å²) >= 11 is 0. The van der Waals surface area contributed by atoms with Gasteiger partial charge in [-0.15, -0.1) is 0 Å². The number of rotatable bonds is 11. The van der Waals surface area contributed by atoms with E-state index in [0.29, 0.717) is 6.73 Å². The number of amides is 1. The van der Waals surface area contributed by atoms with E-state index in [4.69, 9.17) is 10.5 Å². The summed E-state index contributed by atoms with van der Waals surface area (Å²) in [6.07, 6.45) is 7.53. The fourth-order valence-electron chi connectivity index (χ4n) is 4.07. The molecule has 9 nitrogen and oxygen atoms in total. The minimum Gasteiger partial charge on any atom is -0.369 e. The summed E-state index contributed by atoms with van der Waals surface area (Å²) in [5.41, 5.74) is 9.45. The topological polar surface area (TPSA) is 125 Å². The number of hydrogen-bond donors (Lipinski definition) is 1. The number of primary amides is 1. The number of nitriles is 1. The molecule has 0 spiro atoms. The van der Waals surface area contributed by atoms with E-state index in [0.717, 1.165) is 46.1 Å². The number of nitrogens with two attached hydrogens (primary N) is 1. The summed E-state index contributed by atoms with van der Waals surface area (Å²) in [5.74, 6) is -0.397. The molecule has 1 aromatic carbocycles. The van der Waals surface area contributed by atoms with E-state index in [9.17, 15) is 10.1 Å². The van der Waals surface area contributed by atoms with Crippen molar-refractivity contribution >= 4 is 25.0 Å². The van der Waals surface area contributed by atoms with Gasteiger partial charge in [0.05, 0.1) is 36.8 Å². The predicted molar refractivity (Wildman–Crippen MR) is 141 cm³/mol. The molecule has 4 rings (SSSR count). The quantitative estimate of drug-likeness (QED) is 0.243. The van der Waals surface area contributed by atoms with Gasteiger partial charge in [-0.25, -0.2) is 9.97 Å². The van der Waals surface area contributed by atoms with Crippen LogP contribution in [-0.2, 0) is 22.7 Å². The van der Waals surface area contributed by atoms with E-state index in [1.165, 1.54) is 0 Å². The van der Waals surface area contributed by atoms with Crippen LogP contribution >= 0.6 is 0 Å². The van der Waals surface area contributed by atoms with Crippen molar-refractivity contribution in [1.29, 1.82) is 5.26 Å². The van der Waals surface area contributed by atoms with Gasteiger partial charge < -0.3 is 15.0 Å². The predicted octanol–water partition coefficient (Wildman–Crippen LogP) is 4.14. The third-order valence-electron chi connectivity index (χ3n) is 5.98. The fraction of sp³-hybridized carbons (Fsp3) is 0.346. The zero-order valence-electron chi connectivity index (χ0n) is 20.9. The number of benzene rings is 1.